The summed E-state index contributed by atoms with van der Waals surface area (Å²) in [7, 11) is 0. The van der Waals surface area contributed by atoms with E-state index >= 15 is 0 Å². The van der Waals surface area contributed by atoms with Crippen molar-refractivity contribution in [3.05, 3.63) is 21.8 Å². The van der Waals surface area contributed by atoms with E-state index in [1.807, 2.05) is 39.0 Å². The van der Waals surface area contributed by atoms with Gasteiger partial charge in [0.05, 0.1) is 5.69 Å². The van der Waals surface area contributed by atoms with E-state index in [0.717, 1.165) is 9.32 Å². The molecule has 0 heterocycles. The fraction of sp³-hybridized carbons (Fsp3) is 0.400. The monoisotopic (exact) mass is 291 g/mol. The van der Waals surface area contributed by atoms with Gasteiger partial charge in [0.25, 0.3) is 0 Å². The molecule has 0 amide bonds. The van der Waals surface area contributed by atoms with Crippen LogP contribution >= 0.6 is 22.6 Å². The first-order chi connectivity index (χ1) is 5.88. The van der Waals surface area contributed by atoms with Gasteiger partial charge in [0.15, 0.2) is 0 Å². The van der Waals surface area contributed by atoms with Crippen molar-refractivity contribution in [1.82, 2.24) is 0 Å². The van der Waals surface area contributed by atoms with Crippen molar-refractivity contribution in [2.75, 3.05) is 5.73 Å². The molecule has 2 N–H and O–H groups in total. The van der Waals surface area contributed by atoms with Crippen molar-refractivity contribution in [2.45, 2.75) is 26.4 Å². The minimum atomic E-state index is -0.194. The largest absolute Gasteiger partial charge is 0.486 e. The summed E-state index contributed by atoms with van der Waals surface area (Å²) in [4.78, 5) is 0. The van der Waals surface area contributed by atoms with E-state index < -0.39 is 0 Å². The fourth-order valence-electron chi connectivity index (χ4n) is 0.942. The van der Waals surface area contributed by atoms with Crippen LogP contribution in [0, 0.1) is 3.57 Å². The Hall–Kier alpha value is -0.450. The Morgan fingerprint density at radius 2 is 1.92 bits per heavy atom. The Balaban J connectivity index is 2.90. The van der Waals surface area contributed by atoms with Gasteiger partial charge in [-0.2, -0.15) is 0 Å². The molecule has 0 bridgehead atoms. The summed E-state index contributed by atoms with van der Waals surface area (Å²) in [5.74, 6) is 0.757. The van der Waals surface area contributed by atoms with Crippen molar-refractivity contribution < 1.29 is 4.74 Å². The maximum atomic E-state index is 5.80. The number of rotatable bonds is 1. The van der Waals surface area contributed by atoms with E-state index in [4.69, 9.17) is 10.5 Å². The SMILES string of the molecule is CC(C)(C)Oc1ccc(I)cc1N. The van der Waals surface area contributed by atoms with Gasteiger partial charge in [-0.1, -0.05) is 0 Å². The fourth-order valence-corrected chi connectivity index (χ4v) is 1.46. The first-order valence-electron chi connectivity index (χ1n) is 4.12. The van der Waals surface area contributed by atoms with Crippen LogP contribution in [0.3, 0.4) is 0 Å². The Bertz CT molecular complexity index is 304. The van der Waals surface area contributed by atoms with Crippen LogP contribution in [0.15, 0.2) is 18.2 Å². The van der Waals surface area contributed by atoms with E-state index in [0.29, 0.717) is 5.69 Å². The van der Waals surface area contributed by atoms with E-state index in [9.17, 15) is 0 Å². The molecule has 0 fully saturated rings. The van der Waals surface area contributed by atoms with Gasteiger partial charge in [0.1, 0.15) is 11.4 Å². The predicted molar refractivity (Wildman–Crippen MR) is 64.0 cm³/mol. The molecule has 1 aromatic carbocycles. The summed E-state index contributed by atoms with van der Waals surface area (Å²) in [6.45, 7) is 6.01. The first kappa shape index (κ1) is 10.6. The number of benzene rings is 1. The number of ether oxygens (including phenoxy) is 1. The van der Waals surface area contributed by atoms with Crippen LogP contribution in [0.5, 0.6) is 5.75 Å². The van der Waals surface area contributed by atoms with Gasteiger partial charge >= 0.3 is 0 Å². The smallest absolute Gasteiger partial charge is 0.143 e. The maximum absolute atomic E-state index is 5.80. The number of nitrogen functional groups attached to an aromatic ring is 1. The third-order valence-electron chi connectivity index (χ3n) is 1.39. The van der Waals surface area contributed by atoms with Gasteiger partial charge in [-0.25, -0.2) is 0 Å². The molecule has 72 valence electrons. The minimum Gasteiger partial charge on any atom is -0.486 e. The normalized spacial score (nSPS) is 11.4. The predicted octanol–water partition coefficient (Wildman–Crippen LogP) is 3.05. The van der Waals surface area contributed by atoms with Crippen LogP contribution in [-0.4, -0.2) is 5.60 Å². The highest BCUT2D eigenvalue weighted by Gasteiger charge is 2.13. The zero-order valence-electron chi connectivity index (χ0n) is 8.10. The van der Waals surface area contributed by atoms with E-state index in [1.165, 1.54) is 0 Å². The second-order valence-electron chi connectivity index (χ2n) is 3.90. The van der Waals surface area contributed by atoms with E-state index in [1.54, 1.807) is 0 Å². The second-order valence-corrected chi connectivity index (χ2v) is 5.14. The van der Waals surface area contributed by atoms with Crippen LogP contribution in [0.25, 0.3) is 0 Å². The summed E-state index contributed by atoms with van der Waals surface area (Å²) in [5.41, 5.74) is 6.30. The van der Waals surface area contributed by atoms with Gasteiger partial charge in [-0.3, -0.25) is 0 Å². The highest BCUT2D eigenvalue weighted by molar-refractivity contribution is 14.1. The van der Waals surface area contributed by atoms with Gasteiger partial charge < -0.3 is 10.5 Å². The molecular weight excluding hydrogens is 277 g/mol. The zero-order valence-corrected chi connectivity index (χ0v) is 10.3. The van der Waals surface area contributed by atoms with Crippen molar-refractivity contribution >= 4 is 28.3 Å². The molecule has 0 aliphatic carbocycles. The van der Waals surface area contributed by atoms with Crippen LogP contribution < -0.4 is 10.5 Å². The number of nitrogens with two attached hydrogens (primary N) is 1. The molecule has 13 heavy (non-hydrogen) atoms. The standard InChI is InChI=1S/C10H14INO/c1-10(2,3)13-9-5-4-7(11)6-8(9)12/h4-6H,12H2,1-3H3. The Kier molecular flexibility index (Phi) is 3.05. The second kappa shape index (κ2) is 3.74. The van der Waals surface area contributed by atoms with Crippen LogP contribution in [0.1, 0.15) is 20.8 Å². The number of hydrogen-bond donors (Lipinski definition) is 1. The summed E-state index contributed by atoms with van der Waals surface area (Å²) in [5, 5.41) is 0. The van der Waals surface area contributed by atoms with Crippen molar-refractivity contribution in [3.63, 3.8) is 0 Å². The molecular formula is C10H14INO. The Labute approximate surface area is 92.6 Å². The number of anilines is 1. The van der Waals surface area contributed by atoms with Crippen LogP contribution in [-0.2, 0) is 0 Å². The Morgan fingerprint density at radius 1 is 1.31 bits per heavy atom. The molecule has 0 atom stereocenters. The van der Waals surface area contributed by atoms with Crippen molar-refractivity contribution in [3.8, 4) is 5.75 Å². The summed E-state index contributed by atoms with van der Waals surface area (Å²) in [6, 6.07) is 5.79. The molecule has 0 aromatic heterocycles. The molecule has 2 nitrogen and oxygen atoms in total. The summed E-state index contributed by atoms with van der Waals surface area (Å²) < 4.78 is 6.78. The molecule has 0 spiro atoms. The third kappa shape index (κ3) is 3.42. The average molecular weight is 291 g/mol. The highest BCUT2D eigenvalue weighted by atomic mass is 127. The van der Waals surface area contributed by atoms with Crippen molar-refractivity contribution in [2.24, 2.45) is 0 Å². The molecule has 0 radical (unpaired) electrons. The molecule has 0 saturated heterocycles. The molecule has 0 unspecified atom stereocenters. The summed E-state index contributed by atoms with van der Waals surface area (Å²) >= 11 is 2.22. The molecule has 3 heteroatoms. The Morgan fingerprint density at radius 3 is 2.38 bits per heavy atom. The third-order valence-corrected chi connectivity index (χ3v) is 2.06. The minimum absolute atomic E-state index is 0.194. The topological polar surface area (TPSA) is 35.2 Å². The van der Waals surface area contributed by atoms with Gasteiger partial charge in [-0.05, 0) is 61.6 Å². The summed E-state index contributed by atoms with van der Waals surface area (Å²) in [6.07, 6.45) is 0. The first-order valence-corrected chi connectivity index (χ1v) is 5.20. The van der Waals surface area contributed by atoms with Crippen LogP contribution in [0.4, 0.5) is 5.69 Å². The number of hydrogen-bond acceptors (Lipinski definition) is 2. The quantitative estimate of drug-likeness (QED) is 0.637. The van der Waals surface area contributed by atoms with Gasteiger partial charge in [0.2, 0.25) is 0 Å². The molecule has 0 aliphatic heterocycles. The lowest BCUT2D eigenvalue weighted by molar-refractivity contribution is 0.132. The van der Waals surface area contributed by atoms with Crippen LogP contribution in [0.2, 0.25) is 0 Å². The van der Waals surface area contributed by atoms with Gasteiger partial charge in [-0.15, -0.1) is 0 Å². The lowest BCUT2D eigenvalue weighted by Crippen LogP contribution is -2.23. The molecule has 1 aromatic rings. The lowest BCUT2D eigenvalue weighted by atomic mass is 10.2. The molecule has 0 aliphatic rings. The zero-order chi connectivity index (χ0) is 10.1. The van der Waals surface area contributed by atoms with Gasteiger partial charge in [0, 0.05) is 3.57 Å². The molecule has 0 saturated carbocycles. The highest BCUT2D eigenvalue weighted by Crippen LogP contribution is 2.26. The van der Waals surface area contributed by atoms with Crippen molar-refractivity contribution in [1.29, 1.82) is 0 Å². The lowest BCUT2D eigenvalue weighted by Gasteiger charge is -2.22. The number of halogens is 1. The van der Waals surface area contributed by atoms with E-state index in [-0.39, 0.29) is 5.60 Å². The average Bonchev–Trinajstić information content (AvgIpc) is 1.93. The molecule has 1 rings (SSSR count). The van der Waals surface area contributed by atoms with E-state index in [2.05, 4.69) is 22.6 Å². The maximum Gasteiger partial charge on any atom is 0.143 e.